The second-order valence-corrected chi connectivity index (χ2v) is 17.3. The quantitative estimate of drug-likeness (QED) is 0.0261. The number of esters is 2. The normalized spacial score (nSPS) is 19.8. The molecular weight excluding hydrogens is 789 g/mol. The van der Waals surface area contributed by atoms with Crippen molar-refractivity contribution in [3.05, 3.63) is 36.5 Å². The minimum Gasteiger partial charge on any atom is -0.479 e. The Morgan fingerprint density at radius 2 is 0.903 bits per heavy atom. The number of hydrogen-bond donors (Lipinski definition) is 4. The summed E-state index contributed by atoms with van der Waals surface area (Å²) in [5.41, 5.74) is 0. The van der Waals surface area contributed by atoms with Gasteiger partial charge in [0.25, 0.3) is 0 Å². The summed E-state index contributed by atoms with van der Waals surface area (Å²) in [6.45, 7) is 3.80. The predicted octanol–water partition coefficient (Wildman–Crippen LogP) is 11.5. The van der Waals surface area contributed by atoms with Gasteiger partial charge in [-0.15, -0.1) is 0 Å². The first-order chi connectivity index (χ1) is 30.2. The van der Waals surface area contributed by atoms with Gasteiger partial charge in [0.1, 0.15) is 24.9 Å². The average Bonchev–Trinajstić information content (AvgIpc) is 3.26. The highest BCUT2D eigenvalue weighted by molar-refractivity contribution is 5.73. The van der Waals surface area contributed by atoms with Crippen LogP contribution in [0.5, 0.6) is 0 Å². The van der Waals surface area contributed by atoms with Crippen LogP contribution in [0.4, 0.5) is 0 Å². The molecule has 0 aromatic rings. The van der Waals surface area contributed by atoms with E-state index in [9.17, 15) is 34.8 Å². The van der Waals surface area contributed by atoms with Crippen LogP contribution in [-0.2, 0) is 33.3 Å². The number of hydrogen-bond acceptors (Lipinski definition) is 10. The highest BCUT2D eigenvalue weighted by atomic mass is 16.7. The Hall–Kier alpha value is -2.57. The van der Waals surface area contributed by atoms with E-state index < -0.39 is 61.3 Å². The molecule has 360 valence electrons. The number of carboxylic acid groups (broad SMARTS) is 1. The smallest absolute Gasteiger partial charge is 0.335 e. The number of aliphatic carboxylic acids is 1. The molecule has 1 heterocycles. The summed E-state index contributed by atoms with van der Waals surface area (Å²) >= 11 is 0. The van der Waals surface area contributed by atoms with Crippen LogP contribution in [0.3, 0.4) is 0 Å². The third-order valence-corrected chi connectivity index (χ3v) is 11.5. The molecule has 1 aliphatic rings. The fourth-order valence-electron chi connectivity index (χ4n) is 7.49. The number of carbonyl (C=O) groups excluding carboxylic acids is 2. The fourth-order valence-corrected chi connectivity index (χ4v) is 7.49. The van der Waals surface area contributed by atoms with Gasteiger partial charge in [-0.3, -0.25) is 9.59 Å². The summed E-state index contributed by atoms with van der Waals surface area (Å²) in [6, 6.07) is 0. The van der Waals surface area contributed by atoms with Gasteiger partial charge in [0.15, 0.2) is 18.5 Å². The first kappa shape index (κ1) is 57.4. The van der Waals surface area contributed by atoms with E-state index in [0.717, 1.165) is 51.4 Å². The molecule has 4 N–H and O–H groups in total. The number of rotatable bonds is 42. The van der Waals surface area contributed by atoms with E-state index in [2.05, 4.69) is 50.3 Å². The van der Waals surface area contributed by atoms with Crippen LogP contribution >= 0.6 is 0 Å². The zero-order chi connectivity index (χ0) is 45.3. The van der Waals surface area contributed by atoms with Gasteiger partial charge in [0, 0.05) is 12.8 Å². The Bertz CT molecular complexity index is 1170. The summed E-state index contributed by atoms with van der Waals surface area (Å²) in [5, 5.41) is 39.9. The molecule has 1 saturated heterocycles. The molecular formula is C51H90O11. The number of aliphatic hydroxyl groups is 3. The Morgan fingerprint density at radius 3 is 1.39 bits per heavy atom. The lowest BCUT2D eigenvalue weighted by Crippen LogP contribution is -2.60. The largest absolute Gasteiger partial charge is 0.479 e. The molecule has 1 fully saturated rings. The average molecular weight is 879 g/mol. The summed E-state index contributed by atoms with van der Waals surface area (Å²) in [4.78, 5) is 36.9. The van der Waals surface area contributed by atoms with E-state index in [1.54, 1.807) is 0 Å². The van der Waals surface area contributed by atoms with Crippen LogP contribution in [0.2, 0.25) is 0 Å². The van der Waals surface area contributed by atoms with E-state index >= 15 is 0 Å². The minimum atomic E-state index is -1.86. The molecule has 0 bridgehead atoms. The number of carboxylic acids is 1. The minimum absolute atomic E-state index is 0.179. The maximum absolute atomic E-state index is 12.8. The molecule has 0 saturated carbocycles. The third-order valence-electron chi connectivity index (χ3n) is 11.5. The topological polar surface area (TPSA) is 169 Å². The predicted molar refractivity (Wildman–Crippen MR) is 248 cm³/mol. The van der Waals surface area contributed by atoms with E-state index in [4.69, 9.17) is 18.9 Å². The number of unbranched alkanes of at least 4 members (excludes halogenated alkanes) is 25. The zero-order valence-corrected chi connectivity index (χ0v) is 39.1. The van der Waals surface area contributed by atoms with Crippen molar-refractivity contribution in [1.29, 1.82) is 0 Å². The van der Waals surface area contributed by atoms with Crippen molar-refractivity contribution in [3.8, 4) is 0 Å². The van der Waals surface area contributed by atoms with Gasteiger partial charge in [-0.05, 0) is 70.6 Å². The van der Waals surface area contributed by atoms with Crippen LogP contribution in [0, 0.1) is 0 Å². The maximum atomic E-state index is 12.8. The monoisotopic (exact) mass is 879 g/mol. The van der Waals surface area contributed by atoms with Crippen molar-refractivity contribution in [2.75, 3.05) is 13.2 Å². The van der Waals surface area contributed by atoms with Crippen molar-refractivity contribution in [3.63, 3.8) is 0 Å². The first-order valence-corrected chi connectivity index (χ1v) is 25.0. The molecule has 0 spiro atoms. The van der Waals surface area contributed by atoms with Gasteiger partial charge < -0.3 is 39.4 Å². The standard InChI is InChI=1S/C51H90O11/c1-3-5-7-9-11-13-15-17-19-21-22-24-26-28-30-32-34-36-38-40-45(53)61-43(42-60-51-48(56)46(54)47(55)49(62-51)50(57)58)41-59-44(52)39-37-35-33-31-29-27-25-23-20-18-16-14-12-10-8-6-4-2/h12,14,17-20,43,46-49,51,54-56H,3-11,13,15-16,21-42H2,1-2H3,(H,57,58)/b14-12-,19-17-,20-18-. The lowest BCUT2D eigenvalue weighted by molar-refractivity contribution is -0.298. The summed E-state index contributed by atoms with van der Waals surface area (Å²) < 4.78 is 21.8. The lowest BCUT2D eigenvalue weighted by Gasteiger charge is -2.38. The van der Waals surface area contributed by atoms with Crippen molar-refractivity contribution < 1.29 is 53.8 Å². The van der Waals surface area contributed by atoms with Crippen LogP contribution in [0.15, 0.2) is 36.5 Å². The van der Waals surface area contributed by atoms with Crippen LogP contribution in [0.25, 0.3) is 0 Å². The first-order valence-electron chi connectivity index (χ1n) is 25.0. The van der Waals surface area contributed by atoms with Gasteiger partial charge in [0.05, 0.1) is 6.61 Å². The van der Waals surface area contributed by atoms with E-state index in [0.29, 0.717) is 12.8 Å². The van der Waals surface area contributed by atoms with E-state index in [1.165, 1.54) is 128 Å². The Balaban J connectivity index is 2.32. The molecule has 0 aromatic heterocycles. The number of carbonyl (C=O) groups is 3. The molecule has 62 heavy (non-hydrogen) atoms. The molecule has 0 aliphatic carbocycles. The molecule has 11 nitrogen and oxygen atoms in total. The van der Waals surface area contributed by atoms with Gasteiger partial charge in [0.2, 0.25) is 0 Å². The zero-order valence-electron chi connectivity index (χ0n) is 39.1. The van der Waals surface area contributed by atoms with Crippen molar-refractivity contribution >= 4 is 17.9 Å². The Labute approximate surface area is 376 Å². The third kappa shape index (κ3) is 32.1. The maximum Gasteiger partial charge on any atom is 0.335 e. The van der Waals surface area contributed by atoms with Crippen molar-refractivity contribution in [2.45, 2.75) is 256 Å². The molecule has 11 heteroatoms. The second-order valence-electron chi connectivity index (χ2n) is 17.3. The van der Waals surface area contributed by atoms with Crippen LogP contribution < -0.4 is 0 Å². The van der Waals surface area contributed by atoms with Crippen LogP contribution in [0.1, 0.15) is 219 Å². The highest BCUT2D eigenvalue weighted by Gasteiger charge is 2.47. The summed E-state index contributed by atoms with van der Waals surface area (Å²) in [5.74, 6) is -2.45. The molecule has 0 amide bonds. The molecule has 0 aromatic carbocycles. The number of aliphatic hydroxyl groups excluding tert-OH is 3. The van der Waals surface area contributed by atoms with Gasteiger partial charge >= 0.3 is 17.9 Å². The molecule has 0 radical (unpaired) electrons. The second kappa shape index (κ2) is 41.2. The summed E-state index contributed by atoms with van der Waals surface area (Å²) in [7, 11) is 0. The number of ether oxygens (including phenoxy) is 4. The molecule has 1 rings (SSSR count). The van der Waals surface area contributed by atoms with E-state index in [1.807, 2.05) is 0 Å². The Morgan fingerprint density at radius 1 is 0.500 bits per heavy atom. The van der Waals surface area contributed by atoms with Crippen molar-refractivity contribution in [2.24, 2.45) is 0 Å². The fraction of sp³-hybridized carbons (Fsp3) is 0.824. The van der Waals surface area contributed by atoms with Crippen molar-refractivity contribution in [1.82, 2.24) is 0 Å². The highest BCUT2D eigenvalue weighted by Crippen LogP contribution is 2.23. The molecule has 6 unspecified atom stereocenters. The van der Waals surface area contributed by atoms with E-state index in [-0.39, 0.29) is 19.4 Å². The lowest BCUT2D eigenvalue weighted by atomic mass is 9.99. The Kier molecular flexibility index (Phi) is 38.1. The van der Waals surface area contributed by atoms with Gasteiger partial charge in [-0.2, -0.15) is 0 Å². The van der Waals surface area contributed by atoms with Gasteiger partial charge in [-0.1, -0.05) is 172 Å². The summed E-state index contributed by atoms with van der Waals surface area (Å²) in [6.07, 6.45) is 39.0. The molecule has 1 aliphatic heterocycles. The van der Waals surface area contributed by atoms with Gasteiger partial charge in [-0.25, -0.2) is 4.79 Å². The SMILES string of the molecule is CCCCC/C=C\C/C=C\CCCCCCCCCC(=O)OCC(COC1OC(C(=O)O)C(O)C(O)C1O)OC(=O)CCCCCCCCCCC/C=C\CCCCCCCC. The van der Waals surface area contributed by atoms with Crippen LogP contribution in [-0.4, -0.2) is 88.4 Å². The number of allylic oxidation sites excluding steroid dienone is 6. The molecule has 6 atom stereocenters.